The third kappa shape index (κ3) is 53.0. The molecule has 0 bridgehead atoms. The lowest BCUT2D eigenvalue weighted by atomic mass is 10.1. The zero-order valence-corrected chi connectivity index (χ0v) is 44.1. The van der Waals surface area contributed by atoms with Crippen molar-refractivity contribution < 1.29 is 28.6 Å². The highest BCUT2D eigenvalue weighted by Crippen LogP contribution is 2.14. The Morgan fingerprint density at radius 1 is 0.309 bits per heavy atom. The predicted octanol–water partition coefficient (Wildman–Crippen LogP) is 18.7. The van der Waals surface area contributed by atoms with Crippen molar-refractivity contribution in [2.75, 3.05) is 13.2 Å². The SMILES string of the molecule is CC/C=C\C/C=C\C/C=C\C/C=C\CCCCCCCCCCCCC(=O)OCC(COC(=O)CC/C=C\C/C=C\C/C=C\C/C=C\CC)OC(=O)CCCCCCC/C=C\CCCCCCC. The average molecular weight is 943 g/mol. The fourth-order valence-electron chi connectivity index (χ4n) is 7.38. The summed E-state index contributed by atoms with van der Waals surface area (Å²) in [5.74, 6) is -1.01. The summed E-state index contributed by atoms with van der Waals surface area (Å²) in [6.45, 7) is 6.32. The largest absolute Gasteiger partial charge is 0.462 e. The van der Waals surface area contributed by atoms with E-state index in [-0.39, 0.29) is 37.5 Å². The Bertz CT molecular complexity index is 1410. The van der Waals surface area contributed by atoms with Crippen molar-refractivity contribution in [3.8, 4) is 0 Å². The lowest BCUT2D eigenvalue weighted by Gasteiger charge is -2.18. The van der Waals surface area contributed by atoms with E-state index in [1.165, 1.54) is 96.3 Å². The van der Waals surface area contributed by atoms with E-state index >= 15 is 0 Å². The third-order valence-corrected chi connectivity index (χ3v) is 11.5. The Balaban J connectivity index is 4.40. The van der Waals surface area contributed by atoms with Gasteiger partial charge in [-0.25, -0.2) is 0 Å². The first-order valence-corrected chi connectivity index (χ1v) is 27.9. The molecule has 0 aliphatic heterocycles. The number of ether oxygens (including phenoxy) is 3. The van der Waals surface area contributed by atoms with Gasteiger partial charge in [-0.1, -0.05) is 226 Å². The molecule has 386 valence electrons. The standard InChI is InChI=1S/C62H102O6/c1-4-7-10-13-16-19-22-25-27-28-29-30-31-32-33-34-35-38-40-43-46-49-52-55-61(64)67-58-59(57-66-60(63)54-51-48-45-42-39-36-24-21-18-15-12-9-6-3)68-62(65)56-53-50-47-44-41-37-26-23-20-17-14-11-8-5-2/h7,9-10,12,16,18-19,21,23,25-27,29-30,36,39,45,48,59H,4-6,8,11,13-15,17,20,22,24,28,31-35,37-38,40-44,46-47,49-58H2,1-3H3/b10-7-,12-9-,19-16-,21-18-,26-23-,27-25-,30-29-,39-36-,48-45-. The van der Waals surface area contributed by atoms with Crippen LogP contribution in [0.15, 0.2) is 109 Å². The van der Waals surface area contributed by atoms with Gasteiger partial charge in [-0.2, -0.15) is 0 Å². The molecule has 0 N–H and O–H groups in total. The van der Waals surface area contributed by atoms with E-state index < -0.39 is 6.10 Å². The molecule has 6 nitrogen and oxygen atoms in total. The number of esters is 3. The van der Waals surface area contributed by atoms with Gasteiger partial charge in [-0.05, 0) is 109 Å². The molecule has 0 saturated carbocycles. The molecule has 1 unspecified atom stereocenters. The molecule has 0 aromatic heterocycles. The maximum absolute atomic E-state index is 12.8. The second-order valence-corrected chi connectivity index (χ2v) is 18.1. The minimum absolute atomic E-state index is 0.107. The first-order valence-electron chi connectivity index (χ1n) is 27.9. The van der Waals surface area contributed by atoms with Crippen LogP contribution < -0.4 is 0 Å². The molecule has 0 radical (unpaired) electrons. The van der Waals surface area contributed by atoms with E-state index in [1.54, 1.807) is 0 Å². The summed E-state index contributed by atoms with van der Waals surface area (Å²) in [5.41, 5.74) is 0. The van der Waals surface area contributed by atoms with Crippen LogP contribution in [0, 0.1) is 0 Å². The Hall–Kier alpha value is -3.93. The van der Waals surface area contributed by atoms with Gasteiger partial charge < -0.3 is 14.2 Å². The van der Waals surface area contributed by atoms with E-state index in [0.29, 0.717) is 19.3 Å². The van der Waals surface area contributed by atoms with Gasteiger partial charge in [0.1, 0.15) is 13.2 Å². The average Bonchev–Trinajstić information content (AvgIpc) is 3.34. The van der Waals surface area contributed by atoms with Crippen LogP contribution in [0.2, 0.25) is 0 Å². The quantitative estimate of drug-likeness (QED) is 0.0262. The predicted molar refractivity (Wildman–Crippen MR) is 293 cm³/mol. The van der Waals surface area contributed by atoms with Gasteiger partial charge in [-0.3, -0.25) is 14.4 Å². The summed E-state index contributed by atoms with van der Waals surface area (Å²) in [6.07, 6.45) is 75.2. The second kappa shape index (κ2) is 55.7. The number of allylic oxidation sites excluding steroid dienone is 18. The maximum Gasteiger partial charge on any atom is 0.306 e. The molecule has 0 spiro atoms. The van der Waals surface area contributed by atoms with Gasteiger partial charge in [-0.15, -0.1) is 0 Å². The molecule has 0 rings (SSSR count). The van der Waals surface area contributed by atoms with E-state index in [0.717, 1.165) is 103 Å². The number of unbranched alkanes of at least 4 members (excludes halogenated alkanes) is 20. The summed E-state index contributed by atoms with van der Waals surface area (Å²) >= 11 is 0. The lowest BCUT2D eigenvalue weighted by Crippen LogP contribution is -2.30. The number of carbonyl (C=O) groups excluding carboxylic acids is 3. The highest BCUT2D eigenvalue weighted by Gasteiger charge is 2.19. The zero-order chi connectivity index (χ0) is 49.3. The van der Waals surface area contributed by atoms with E-state index in [2.05, 4.69) is 118 Å². The van der Waals surface area contributed by atoms with Crippen molar-refractivity contribution in [3.05, 3.63) is 109 Å². The summed E-state index contributed by atoms with van der Waals surface area (Å²) in [5, 5.41) is 0. The van der Waals surface area contributed by atoms with Gasteiger partial charge in [0.2, 0.25) is 0 Å². The Kier molecular flexibility index (Phi) is 52.4. The normalized spacial score (nSPS) is 12.9. The Morgan fingerprint density at radius 2 is 0.603 bits per heavy atom. The molecule has 0 fully saturated rings. The smallest absolute Gasteiger partial charge is 0.306 e. The van der Waals surface area contributed by atoms with Crippen molar-refractivity contribution in [1.29, 1.82) is 0 Å². The molecule has 6 heteroatoms. The Morgan fingerprint density at radius 3 is 1.00 bits per heavy atom. The molecular formula is C62H102O6. The molecule has 0 amide bonds. The van der Waals surface area contributed by atoms with Crippen molar-refractivity contribution in [2.24, 2.45) is 0 Å². The van der Waals surface area contributed by atoms with Gasteiger partial charge in [0, 0.05) is 19.3 Å². The fraction of sp³-hybridized carbons (Fsp3) is 0.661. The first kappa shape index (κ1) is 64.1. The lowest BCUT2D eigenvalue weighted by molar-refractivity contribution is -0.166. The highest BCUT2D eigenvalue weighted by molar-refractivity contribution is 5.71. The van der Waals surface area contributed by atoms with Crippen LogP contribution in [0.5, 0.6) is 0 Å². The topological polar surface area (TPSA) is 78.9 Å². The molecular weight excluding hydrogens is 841 g/mol. The second-order valence-electron chi connectivity index (χ2n) is 18.1. The zero-order valence-electron chi connectivity index (χ0n) is 44.1. The molecule has 0 saturated heterocycles. The summed E-state index contributed by atoms with van der Waals surface area (Å²) in [6, 6.07) is 0. The van der Waals surface area contributed by atoms with Crippen molar-refractivity contribution in [1.82, 2.24) is 0 Å². The molecule has 0 aliphatic carbocycles. The molecule has 0 aliphatic rings. The minimum Gasteiger partial charge on any atom is -0.462 e. The van der Waals surface area contributed by atoms with Gasteiger partial charge in [0.25, 0.3) is 0 Å². The van der Waals surface area contributed by atoms with E-state index in [1.807, 2.05) is 12.2 Å². The number of hydrogen-bond donors (Lipinski definition) is 0. The van der Waals surface area contributed by atoms with E-state index in [4.69, 9.17) is 14.2 Å². The maximum atomic E-state index is 12.8. The summed E-state index contributed by atoms with van der Waals surface area (Å²) in [4.78, 5) is 38.0. The van der Waals surface area contributed by atoms with Gasteiger partial charge in [0.15, 0.2) is 6.10 Å². The van der Waals surface area contributed by atoms with Crippen molar-refractivity contribution in [2.45, 2.75) is 252 Å². The molecule has 68 heavy (non-hydrogen) atoms. The molecule has 1 atom stereocenters. The monoisotopic (exact) mass is 943 g/mol. The van der Waals surface area contributed by atoms with Crippen LogP contribution in [0.1, 0.15) is 245 Å². The van der Waals surface area contributed by atoms with Gasteiger partial charge >= 0.3 is 17.9 Å². The van der Waals surface area contributed by atoms with Crippen LogP contribution in [0.25, 0.3) is 0 Å². The van der Waals surface area contributed by atoms with Crippen LogP contribution in [-0.2, 0) is 28.6 Å². The summed E-state index contributed by atoms with van der Waals surface area (Å²) < 4.78 is 16.8. The highest BCUT2D eigenvalue weighted by atomic mass is 16.6. The number of hydrogen-bond acceptors (Lipinski definition) is 6. The molecule has 0 aromatic rings. The Labute approximate surface area is 419 Å². The van der Waals surface area contributed by atoms with Crippen LogP contribution in [-0.4, -0.2) is 37.2 Å². The number of carbonyl (C=O) groups is 3. The van der Waals surface area contributed by atoms with Crippen LogP contribution >= 0.6 is 0 Å². The van der Waals surface area contributed by atoms with Crippen LogP contribution in [0.4, 0.5) is 0 Å². The molecule has 0 heterocycles. The van der Waals surface area contributed by atoms with E-state index in [9.17, 15) is 14.4 Å². The first-order chi connectivity index (χ1) is 33.5. The van der Waals surface area contributed by atoms with Crippen molar-refractivity contribution >= 4 is 17.9 Å². The molecule has 0 aromatic carbocycles. The third-order valence-electron chi connectivity index (χ3n) is 11.5. The van der Waals surface area contributed by atoms with Gasteiger partial charge in [0.05, 0.1) is 0 Å². The van der Waals surface area contributed by atoms with Crippen molar-refractivity contribution in [3.63, 3.8) is 0 Å². The fourth-order valence-corrected chi connectivity index (χ4v) is 7.38. The number of rotatable bonds is 49. The summed E-state index contributed by atoms with van der Waals surface area (Å²) in [7, 11) is 0. The minimum atomic E-state index is -0.814. The van der Waals surface area contributed by atoms with Crippen LogP contribution in [0.3, 0.4) is 0 Å².